The van der Waals surface area contributed by atoms with E-state index >= 15 is 0 Å². The minimum absolute atomic E-state index is 0. The summed E-state index contributed by atoms with van der Waals surface area (Å²) in [5.41, 5.74) is 0.439. The number of nitrogens with one attached hydrogen (secondary N) is 1. The summed E-state index contributed by atoms with van der Waals surface area (Å²) < 4.78 is 11.1. The van der Waals surface area contributed by atoms with Crippen molar-refractivity contribution in [2.75, 3.05) is 20.2 Å². The van der Waals surface area contributed by atoms with Gasteiger partial charge in [-0.1, -0.05) is 5.16 Å². The molecule has 0 unspecified atom stereocenters. The zero-order chi connectivity index (χ0) is 13.1. The van der Waals surface area contributed by atoms with Gasteiger partial charge in [-0.25, -0.2) is 0 Å². The Morgan fingerprint density at radius 2 is 1.95 bits per heavy atom. The summed E-state index contributed by atoms with van der Waals surface area (Å²) in [5.74, 6) is 1.13. The van der Waals surface area contributed by atoms with Crippen molar-refractivity contribution in [2.24, 2.45) is 0 Å². The molecule has 0 spiro atoms. The molecule has 0 atom stereocenters. The Hall–Kier alpha value is -1.50. The van der Waals surface area contributed by atoms with Crippen LogP contribution in [0.3, 0.4) is 0 Å². The molecule has 3 rings (SSSR count). The van der Waals surface area contributed by atoms with Crippen LogP contribution < -0.4 is 5.32 Å². The van der Waals surface area contributed by atoms with Crippen molar-refractivity contribution in [1.29, 1.82) is 0 Å². The first-order valence-electron chi connectivity index (χ1n) is 6.34. The van der Waals surface area contributed by atoms with Crippen molar-refractivity contribution in [3.63, 3.8) is 0 Å². The van der Waals surface area contributed by atoms with Crippen LogP contribution in [0.15, 0.2) is 29.0 Å². The second kappa shape index (κ2) is 6.30. The van der Waals surface area contributed by atoms with Crippen LogP contribution in [0.1, 0.15) is 18.7 Å². The molecule has 2 aromatic heterocycles. The molecule has 108 valence electrons. The van der Waals surface area contributed by atoms with Crippen LogP contribution in [-0.2, 0) is 10.3 Å². The van der Waals surface area contributed by atoms with Crippen LogP contribution in [0.4, 0.5) is 0 Å². The number of pyridine rings is 1. The topological polar surface area (TPSA) is 73.1 Å². The number of nitrogens with zero attached hydrogens (tertiary/aromatic N) is 3. The van der Waals surface area contributed by atoms with Crippen LogP contribution in [0.2, 0.25) is 0 Å². The maximum Gasteiger partial charge on any atom is 0.259 e. The highest BCUT2D eigenvalue weighted by Gasteiger charge is 2.39. The minimum Gasteiger partial charge on any atom is -0.368 e. The molecule has 0 aromatic carbocycles. The van der Waals surface area contributed by atoms with Gasteiger partial charge < -0.3 is 14.6 Å². The number of methoxy groups -OCH3 is 1. The molecule has 0 amide bonds. The number of halogens is 1. The lowest BCUT2D eigenvalue weighted by Crippen LogP contribution is -2.41. The highest BCUT2D eigenvalue weighted by atomic mass is 35.5. The minimum atomic E-state index is -0.455. The summed E-state index contributed by atoms with van der Waals surface area (Å²) >= 11 is 0. The van der Waals surface area contributed by atoms with Crippen molar-refractivity contribution in [3.05, 3.63) is 30.4 Å². The average molecular weight is 297 g/mol. The molecule has 0 saturated carbocycles. The Labute approximate surface area is 123 Å². The van der Waals surface area contributed by atoms with Crippen molar-refractivity contribution in [1.82, 2.24) is 20.4 Å². The highest BCUT2D eigenvalue weighted by Crippen LogP contribution is 2.33. The molecule has 0 aliphatic carbocycles. The van der Waals surface area contributed by atoms with Gasteiger partial charge in [0.1, 0.15) is 5.60 Å². The zero-order valence-electron chi connectivity index (χ0n) is 11.2. The van der Waals surface area contributed by atoms with Crippen LogP contribution in [0.5, 0.6) is 0 Å². The Morgan fingerprint density at radius 1 is 1.25 bits per heavy atom. The summed E-state index contributed by atoms with van der Waals surface area (Å²) in [6, 6.07) is 3.72. The summed E-state index contributed by atoms with van der Waals surface area (Å²) in [4.78, 5) is 8.47. The van der Waals surface area contributed by atoms with E-state index in [0.717, 1.165) is 31.5 Å². The van der Waals surface area contributed by atoms with Gasteiger partial charge in [-0.2, -0.15) is 4.98 Å². The Bertz CT molecular complexity index is 540. The smallest absolute Gasteiger partial charge is 0.259 e. The predicted molar refractivity (Wildman–Crippen MR) is 75.6 cm³/mol. The standard InChI is InChI=1S/C13H16N4O2.ClH/c1-18-13(4-8-15-9-5-13)12-16-11(17-19-12)10-2-6-14-7-3-10;/h2-3,6-7,15H,4-5,8-9H2,1H3;1H. The number of aromatic nitrogens is 3. The van der Waals surface area contributed by atoms with Crippen LogP contribution in [0.25, 0.3) is 11.4 Å². The van der Waals surface area contributed by atoms with E-state index in [1.54, 1.807) is 19.5 Å². The first-order chi connectivity index (χ1) is 9.34. The molecule has 0 bridgehead atoms. The number of hydrogen-bond acceptors (Lipinski definition) is 6. The van der Waals surface area contributed by atoms with E-state index in [1.807, 2.05) is 12.1 Å². The van der Waals surface area contributed by atoms with Crippen LogP contribution in [-0.4, -0.2) is 35.3 Å². The van der Waals surface area contributed by atoms with E-state index in [9.17, 15) is 0 Å². The van der Waals surface area contributed by atoms with Gasteiger partial charge in [0.2, 0.25) is 5.82 Å². The third kappa shape index (κ3) is 2.67. The van der Waals surface area contributed by atoms with E-state index in [-0.39, 0.29) is 12.4 Å². The lowest BCUT2D eigenvalue weighted by atomic mass is 9.92. The second-order valence-corrected chi connectivity index (χ2v) is 4.61. The van der Waals surface area contributed by atoms with Gasteiger partial charge in [0.05, 0.1) is 0 Å². The van der Waals surface area contributed by atoms with Crippen LogP contribution in [0, 0.1) is 0 Å². The van der Waals surface area contributed by atoms with Gasteiger partial charge in [-0.05, 0) is 38.1 Å². The normalized spacial score (nSPS) is 17.4. The lowest BCUT2D eigenvalue weighted by Gasteiger charge is -2.32. The zero-order valence-corrected chi connectivity index (χ0v) is 12.0. The predicted octanol–water partition coefficient (Wildman–Crippen LogP) is 1.78. The van der Waals surface area contributed by atoms with Gasteiger partial charge in [0, 0.05) is 25.1 Å². The summed E-state index contributed by atoms with van der Waals surface area (Å²) in [6.45, 7) is 1.78. The van der Waals surface area contributed by atoms with E-state index in [0.29, 0.717) is 11.7 Å². The fourth-order valence-corrected chi connectivity index (χ4v) is 2.36. The van der Waals surface area contributed by atoms with Gasteiger partial charge in [0.15, 0.2) is 0 Å². The SMILES string of the molecule is COC1(c2nc(-c3ccncc3)no2)CCNCC1.Cl. The first kappa shape index (κ1) is 14.9. The molecule has 20 heavy (non-hydrogen) atoms. The maximum atomic E-state index is 5.67. The van der Waals surface area contributed by atoms with Crippen molar-refractivity contribution in [3.8, 4) is 11.4 Å². The molecule has 1 aliphatic heterocycles. The molecule has 7 heteroatoms. The molecular weight excluding hydrogens is 280 g/mol. The number of piperidine rings is 1. The van der Waals surface area contributed by atoms with Crippen molar-refractivity contribution >= 4 is 12.4 Å². The highest BCUT2D eigenvalue weighted by molar-refractivity contribution is 5.85. The first-order valence-corrected chi connectivity index (χ1v) is 6.34. The number of ether oxygens (including phenoxy) is 1. The lowest BCUT2D eigenvalue weighted by molar-refractivity contribution is -0.0622. The maximum absolute atomic E-state index is 5.67. The Kier molecular flexibility index (Phi) is 4.69. The van der Waals surface area contributed by atoms with Gasteiger partial charge in [-0.15, -0.1) is 12.4 Å². The quantitative estimate of drug-likeness (QED) is 0.931. The number of rotatable bonds is 3. The van der Waals surface area contributed by atoms with E-state index in [2.05, 4.69) is 20.4 Å². The molecule has 2 aromatic rings. The fourth-order valence-electron chi connectivity index (χ4n) is 2.36. The Morgan fingerprint density at radius 3 is 2.60 bits per heavy atom. The van der Waals surface area contributed by atoms with Gasteiger partial charge >= 0.3 is 0 Å². The molecule has 0 radical (unpaired) electrons. The van der Waals surface area contributed by atoms with Gasteiger partial charge in [0.25, 0.3) is 5.89 Å². The van der Waals surface area contributed by atoms with Gasteiger partial charge in [-0.3, -0.25) is 4.98 Å². The molecule has 1 N–H and O–H groups in total. The summed E-state index contributed by atoms with van der Waals surface area (Å²) in [7, 11) is 1.70. The monoisotopic (exact) mass is 296 g/mol. The van der Waals surface area contributed by atoms with Crippen molar-refractivity contribution < 1.29 is 9.26 Å². The number of hydrogen-bond donors (Lipinski definition) is 1. The summed E-state index contributed by atoms with van der Waals surface area (Å²) in [6.07, 6.45) is 5.09. The fraction of sp³-hybridized carbons (Fsp3) is 0.462. The molecule has 1 fully saturated rings. The average Bonchev–Trinajstić information content (AvgIpc) is 2.99. The molecular formula is C13H17ClN4O2. The van der Waals surface area contributed by atoms with E-state index < -0.39 is 5.60 Å². The van der Waals surface area contributed by atoms with Crippen LogP contribution >= 0.6 is 12.4 Å². The molecule has 1 saturated heterocycles. The second-order valence-electron chi connectivity index (χ2n) is 4.61. The largest absolute Gasteiger partial charge is 0.368 e. The molecule has 6 nitrogen and oxygen atoms in total. The third-order valence-electron chi connectivity index (χ3n) is 3.56. The van der Waals surface area contributed by atoms with Crippen molar-refractivity contribution in [2.45, 2.75) is 18.4 Å². The molecule has 1 aliphatic rings. The third-order valence-corrected chi connectivity index (χ3v) is 3.56. The van der Waals surface area contributed by atoms with E-state index in [1.165, 1.54) is 0 Å². The summed E-state index contributed by atoms with van der Waals surface area (Å²) in [5, 5.41) is 7.34. The Balaban J connectivity index is 0.00000147. The molecule has 3 heterocycles. The van der Waals surface area contributed by atoms with E-state index in [4.69, 9.17) is 9.26 Å².